The fraction of sp³-hybridized carbons (Fsp3) is 0.286. The Morgan fingerprint density at radius 1 is 1.31 bits per heavy atom. The fourth-order valence-corrected chi connectivity index (χ4v) is 4.28. The number of benzene rings is 2. The first-order valence-electron chi connectivity index (χ1n) is 9.29. The van der Waals surface area contributed by atoms with E-state index in [2.05, 4.69) is 26.6 Å². The Labute approximate surface area is 176 Å². The number of carbonyl (C=O) groups is 3. The number of hydrogen-bond donors (Lipinski definition) is 2. The molecule has 150 valence electrons. The highest BCUT2D eigenvalue weighted by molar-refractivity contribution is 9.10. The zero-order valence-electron chi connectivity index (χ0n) is 15.8. The van der Waals surface area contributed by atoms with Gasteiger partial charge >= 0.3 is 0 Å². The molecule has 0 radical (unpaired) electrons. The molecule has 0 aliphatic carbocycles. The lowest BCUT2D eigenvalue weighted by Crippen LogP contribution is -2.31. The molecule has 2 aliphatic rings. The summed E-state index contributed by atoms with van der Waals surface area (Å²) in [6.07, 6.45) is 0.701. The Balaban J connectivity index is 1.50. The van der Waals surface area contributed by atoms with Crippen LogP contribution in [0.5, 0.6) is 0 Å². The molecule has 2 aromatic carbocycles. The van der Waals surface area contributed by atoms with E-state index >= 15 is 0 Å². The molecule has 3 amide bonds. The molecular weight excluding hydrogens is 438 g/mol. The van der Waals surface area contributed by atoms with E-state index < -0.39 is 5.92 Å². The number of halogens is 1. The molecule has 8 heteroatoms. The van der Waals surface area contributed by atoms with Crippen molar-refractivity contribution in [3.8, 4) is 0 Å². The largest absolute Gasteiger partial charge is 0.375 e. The van der Waals surface area contributed by atoms with E-state index in [1.165, 1.54) is 7.11 Å². The average molecular weight is 458 g/mol. The molecule has 2 aliphatic heterocycles. The molecule has 0 spiro atoms. The van der Waals surface area contributed by atoms with Gasteiger partial charge in [0, 0.05) is 47.2 Å². The normalized spacial score (nSPS) is 17.0. The maximum absolute atomic E-state index is 12.7. The summed E-state index contributed by atoms with van der Waals surface area (Å²) < 4.78 is 5.81. The molecule has 1 atom stereocenters. The van der Waals surface area contributed by atoms with E-state index in [0.717, 1.165) is 27.0 Å². The van der Waals surface area contributed by atoms with E-state index in [9.17, 15) is 14.4 Å². The molecule has 29 heavy (non-hydrogen) atoms. The van der Waals surface area contributed by atoms with Gasteiger partial charge in [-0.1, -0.05) is 22.0 Å². The first-order valence-corrected chi connectivity index (χ1v) is 10.1. The van der Waals surface area contributed by atoms with Gasteiger partial charge in [-0.05, 0) is 42.3 Å². The van der Waals surface area contributed by atoms with Crippen LogP contribution < -0.4 is 15.5 Å². The van der Waals surface area contributed by atoms with E-state index in [4.69, 9.17) is 4.74 Å². The minimum absolute atomic E-state index is 0.0157. The topological polar surface area (TPSA) is 87.7 Å². The number of amides is 3. The van der Waals surface area contributed by atoms with Gasteiger partial charge in [0.05, 0.1) is 5.92 Å². The van der Waals surface area contributed by atoms with Crippen LogP contribution in [0.25, 0.3) is 0 Å². The van der Waals surface area contributed by atoms with Crippen molar-refractivity contribution in [3.63, 3.8) is 0 Å². The van der Waals surface area contributed by atoms with E-state index in [-0.39, 0.29) is 30.7 Å². The number of nitrogens with zero attached hydrogens (tertiary/aromatic N) is 1. The second-order valence-corrected chi connectivity index (χ2v) is 7.97. The van der Waals surface area contributed by atoms with Crippen molar-refractivity contribution in [2.24, 2.45) is 0 Å². The lowest BCUT2D eigenvalue weighted by molar-refractivity contribution is -0.122. The number of ether oxygens (including phenoxy) is 1. The van der Waals surface area contributed by atoms with E-state index in [1.807, 2.05) is 36.4 Å². The smallest absolute Gasteiger partial charge is 0.252 e. The zero-order valence-corrected chi connectivity index (χ0v) is 17.4. The van der Waals surface area contributed by atoms with Crippen molar-refractivity contribution in [1.29, 1.82) is 0 Å². The van der Waals surface area contributed by atoms with Crippen LogP contribution in [0.1, 0.15) is 23.5 Å². The summed E-state index contributed by atoms with van der Waals surface area (Å²) >= 11 is 3.41. The average Bonchev–Trinajstić information content (AvgIpc) is 3.24. The third kappa shape index (κ3) is 3.77. The second-order valence-electron chi connectivity index (χ2n) is 7.06. The van der Waals surface area contributed by atoms with Gasteiger partial charge in [0.1, 0.15) is 6.61 Å². The Morgan fingerprint density at radius 3 is 2.93 bits per heavy atom. The number of anilines is 3. The lowest BCUT2D eigenvalue weighted by Gasteiger charge is -2.17. The third-order valence-electron chi connectivity index (χ3n) is 5.22. The summed E-state index contributed by atoms with van der Waals surface area (Å²) in [6, 6.07) is 11.0. The number of rotatable bonds is 5. The summed E-state index contributed by atoms with van der Waals surface area (Å²) in [5.74, 6) is -1.06. The molecule has 2 aromatic rings. The van der Waals surface area contributed by atoms with Gasteiger partial charge in [0.25, 0.3) is 5.91 Å². The molecule has 0 fully saturated rings. The lowest BCUT2D eigenvalue weighted by atomic mass is 9.97. The molecule has 4 rings (SSSR count). The van der Waals surface area contributed by atoms with Gasteiger partial charge in [-0.2, -0.15) is 0 Å². The van der Waals surface area contributed by atoms with Gasteiger partial charge in [-0.15, -0.1) is 0 Å². The Kier molecular flexibility index (Phi) is 5.38. The maximum atomic E-state index is 12.7. The van der Waals surface area contributed by atoms with Gasteiger partial charge in [0.15, 0.2) is 0 Å². The van der Waals surface area contributed by atoms with Crippen molar-refractivity contribution in [1.82, 2.24) is 0 Å². The summed E-state index contributed by atoms with van der Waals surface area (Å²) in [5, 5.41) is 5.75. The van der Waals surface area contributed by atoms with Gasteiger partial charge < -0.3 is 20.3 Å². The quantitative estimate of drug-likeness (QED) is 0.721. The summed E-state index contributed by atoms with van der Waals surface area (Å²) in [5.41, 5.74) is 3.94. The first kappa shape index (κ1) is 19.6. The van der Waals surface area contributed by atoms with Crippen molar-refractivity contribution < 1.29 is 19.1 Å². The minimum atomic E-state index is -0.529. The summed E-state index contributed by atoms with van der Waals surface area (Å²) in [4.78, 5) is 38.9. The Bertz CT molecular complexity index is 1010. The van der Waals surface area contributed by atoms with Crippen LogP contribution in [0, 0.1) is 0 Å². The van der Waals surface area contributed by atoms with Gasteiger partial charge in [0.2, 0.25) is 11.8 Å². The minimum Gasteiger partial charge on any atom is -0.375 e. The van der Waals surface area contributed by atoms with Crippen LogP contribution in [0.4, 0.5) is 17.1 Å². The van der Waals surface area contributed by atoms with Crippen LogP contribution in [0.2, 0.25) is 0 Å². The van der Waals surface area contributed by atoms with Crippen LogP contribution in [-0.4, -0.2) is 38.0 Å². The molecule has 2 heterocycles. The molecular formula is C21H20BrN3O4. The second kappa shape index (κ2) is 7.96. The molecule has 2 N–H and O–H groups in total. The first-order chi connectivity index (χ1) is 14.0. The number of hydrogen-bond acceptors (Lipinski definition) is 4. The molecule has 0 aromatic heterocycles. The van der Waals surface area contributed by atoms with Crippen molar-refractivity contribution in [3.05, 3.63) is 52.0 Å². The van der Waals surface area contributed by atoms with Gasteiger partial charge in [-0.3, -0.25) is 14.4 Å². The highest BCUT2D eigenvalue weighted by atomic mass is 79.9. The number of fused-ring (bicyclic) bond motifs is 2. The van der Waals surface area contributed by atoms with E-state index in [0.29, 0.717) is 18.7 Å². The molecule has 7 nitrogen and oxygen atoms in total. The van der Waals surface area contributed by atoms with Crippen LogP contribution in [0.15, 0.2) is 40.9 Å². The van der Waals surface area contributed by atoms with Crippen molar-refractivity contribution >= 4 is 50.7 Å². The summed E-state index contributed by atoms with van der Waals surface area (Å²) in [6.45, 7) is 0.568. The number of carbonyl (C=O) groups excluding carboxylic acids is 3. The highest BCUT2D eigenvalue weighted by Gasteiger charge is 2.33. The predicted molar refractivity (Wildman–Crippen MR) is 113 cm³/mol. The van der Waals surface area contributed by atoms with Crippen LogP contribution >= 0.6 is 15.9 Å². The predicted octanol–water partition coefficient (Wildman–Crippen LogP) is 3.05. The molecule has 0 saturated carbocycles. The van der Waals surface area contributed by atoms with Crippen molar-refractivity contribution in [2.75, 3.05) is 35.8 Å². The highest BCUT2D eigenvalue weighted by Crippen LogP contribution is 2.37. The Hall–Kier alpha value is -2.71. The van der Waals surface area contributed by atoms with Crippen molar-refractivity contribution in [2.45, 2.75) is 18.8 Å². The number of nitrogens with one attached hydrogen (secondary N) is 2. The standard InChI is InChI=1S/C21H20BrN3O4/c1-29-11-20(27)25-8-7-13-16(3-2-4-18(13)25)23-19(26)10-15-14-9-12(22)5-6-17(14)24-21(15)28/h2-6,9,15H,7-8,10-11H2,1H3,(H,23,26)(H,24,28). The third-order valence-corrected chi connectivity index (χ3v) is 5.72. The Morgan fingerprint density at radius 2 is 2.14 bits per heavy atom. The monoisotopic (exact) mass is 457 g/mol. The SMILES string of the molecule is COCC(=O)N1CCc2c(NC(=O)CC3C(=O)Nc4ccc(Br)cc43)cccc21. The van der Waals surface area contributed by atoms with Crippen LogP contribution in [-0.2, 0) is 25.5 Å². The molecule has 1 unspecified atom stereocenters. The zero-order chi connectivity index (χ0) is 20.5. The van der Waals surface area contributed by atoms with E-state index in [1.54, 1.807) is 4.90 Å². The number of methoxy groups -OCH3 is 1. The van der Waals surface area contributed by atoms with Crippen LogP contribution in [0.3, 0.4) is 0 Å². The van der Waals surface area contributed by atoms with Gasteiger partial charge in [-0.25, -0.2) is 0 Å². The molecule has 0 bridgehead atoms. The summed E-state index contributed by atoms with van der Waals surface area (Å²) in [7, 11) is 1.49. The maximum Gasteiger partial charge on any atom is 0.252 e. The molecule has 0 saturated heterocycles. The fourth-order valence-electron chi connectivity index (χ4n) is 3.90.